The fourth-order valence-electron chi connectivity index (χ4n) is 2.56. The SMILES string of the molecule is Cc1ccc(SCC(=O)NCc2ccccc2-n2ccnc2C)cc1. The van der Waals surface area contributed by atoms with Crippen LogP contribution in [0, 0.1) is 13.8 Å². The standard InChI is InChI=1S/C20H21N3OS/c1-15-7-9-18(10-8-15)25-14-20(24)22-13-17-5-3-4-6-19(17)23-12-11-21-16(23)2/h3-12H,13-14H2,1-2H3,(H,22,24). The van der Waals surface area contributed by atoms with Crippen LogP contribution >= 0.6 is 11.8 Å². The van der Waals surface area contributed by atoms with Crippen LogP contribution in [0.3, 0.4) is 0 Å². The average Bonchev–Trinajstić information content (AvgIpc) is 3.05. The van der Waals surface area contributed by atoms with Gasteiger partial charge in [0.05, 0.1) is 11.4 Å². The highest BCUT2D eigenvalue weighted by molar-refractivity contribution is 8.00. The Hall–Kier alpha value is -2.53. The van der Waals surface area contributed by atoms with E-state index < -0.39 is 0 Å². The first-order valence-corrected chi connectivity index (χ1v) is 9.16. The zero-order chi connectivity index (χ0) is 17.6. The van der Waals surface area contributed by atoms with Crippen molar-refractivity contribution in [2.24, 2.45) is 0 Å². The third kappa shape index (κ3) is 4.51. The van der Waals surface area contributed by atoms with Crippen molar-refractivity contribution in [1.82, 2.24) is 14.9 Å². The molecule has 2 aromatic carbocycles. The lowest BCUT2D eigenvalue weighted by molar-refractivity contribution is -0.118. The highest BCUT2D eigenvalue weighted by Crippen LogP contribution is 2.19. The number of benzene rings is 2. The van der Waals surface area contributed by atoms with E-state index in [2.05, 4.69) is 29.4 Å². The highest BCUT2D eigenvalue weighted by atomic mass is 32.2. The minimum Gasteiger partial charge on any atom is -0.351 e. The van der Waals surface area contributed by atoms with Crippen molar-refractivity contribution in [1.29, 1.82) is 0 Å². The van der Waals surface area contributed by atoms with E-state index in [1.54, 1.807) is 18.0 Å². The van der Waals surface area contributed by atoms with Crippen LogP contribution in [0.4, 0.5) is 0 Å². The van der Waals surface area contributed by atoms with Crippen LogP contribution in [0.15, 0.2) is 65.8 Å². The molecule has 1 aromatic heterocycles. The lowest BCUT2D eigenvalue weighted by Crippen LogP contribution is -2.25. The summed E-state index contributed by atoms with van der Waals surface area (Å²) in [6.45, 7) is 4.52. The Morgan fingerprint density at radius 3 is 2.60 bits per heavy atom. The Morgan fingerprint density at radius 1 is 1.12 bits per heavy atom. The number of nitrogens with zero attached hydrogens (tertiary/aromatic N) is 2. The third-order valence-corrected chi connectivity index (χ3v) is 4.96. The predicted octanol–water partition coefficient (Wildman–Crippen LogP) is 3.90. The van der Waals surface area contributed by atoms with Gasteiger partial charge in [-0.25, -0.2) is 4.98 Å². The van der Waals surface area contributed by atoms with E-state index in [4.69, 9.17) is 0 Å². The van der Waals surface area contributed by atoms with E-state index in [1.807, 2.05) is 54.1 Å². The van der Waals surface area contributed by atoms with Crippen LogP contribution in [-0.4, -0.2) is 21.2 Å². The monoisotopic (exact) mass is 351 g/mol. The van der Waals surface area contributed by atoms with Crippen LogP contribution < -0.4 is 5.32 Å². The lowest BCUT2D eigenvalue weighted by Gasteiger charge is -2.12. The molecule has 0 saturated heterocycles. The van der Waals surface area contributed by atoms with Gasteiger partial charge in [0, 0.05) is 23.8 Å². The van der Waals surface area contributed by atoms with Crippen molar-refractivity contribution in [3.05, 3.63) is 77.9 Å². The normalized spacial score (nSPS) is 10.6. The molecular formula is C20H21N3OS. The van der Waals surface area contributed by atoms with Gasteiger partial charge in [0.25, 0.3) is 0 Å². The van der Waals surface area contributed by atoms with E-state index in [-0.39, 0.29) is 5.91 Å². The number of aromatic nitrogens is 2. The Morgan fingerprint density at radius 2 is 1.88 bits per heavy atom. The van der Waals surface area contributed by atoms with Crippen molar-refractivity contribution >= 4 is 17.7 Å². The first kappa shape index (κ1) is 17.3. The fourth-order valence-corrected chi connectivity index (χ4v) is 3.28. The zero-order valence-corrected chi connectivity index (χ0v) is 15.2. The smallest absolute Gasteiger partial charge is 0.230 e. The third-order valence-electron chi connectivity index (χ3n) is 3.94. The molecule has 0 fully saturated rings. The number of thioether (sulfide) groups is 1. The summed E-state index contributed by atoms with van der Waals surface area (Å²) in [5, 5.41) is 3.01. The molecule has 128 valence electrons. The molecule has 0 bridgehead atoms. The van der Waals surface area contributed by atoms with Gasteiger partial charge in [-0.3, -0.25) is 4.79 Å². The predicted molar refractivity (Wildman–Crippen MR) is 102 cm³/mol. The molecule has 0 aliphatic carbocycles. The Bertz CT molecular complexity index is 855. The van der Waals surface area contributed by atoms with E-state index in [0.29, 0.717) is 12.3 Å². The van der Waals surface area contributed by atoms with Crippen molar-refractivity contribution < 1.29 is 4.79 Å². The van der Waals surface area contributed by atoms with Gasteiger partial charge in [0.2, 0.25) is 5.91 Å². The van der Waals surface area contributed by atoms with E-state index in [9.17, 15) is 4.79 Å². The average molecular weight is 351 g/mol. The molecule has 3 rings (SSSR count). The second-order valence-electron chi connectivity index (χ2n) is 5.85. The Balaban J connectivity index is 1.59. The molecule has 25 heavy (non-hydrogen) atoms. The summed E-state index contributed by atoms with van der Waals surface area (Å²) in [7, 11) is 0. The molecule has 1 amide bonds. The molecule has 0 aliphatic heterocycles. The van der Waals surface area contributed by atoms with Crippen molar-refractivity contribution in [3.8, 4) is 5.69 Å². The van der Waals surface area contributed by atoms with Crippen molar-refractivity contribution in [3.63, 3.8) is 0 Å². The first-order valence-electron chi connectivity index (χ1n) is 8.18. The number of rotatable bonds is 6. The van der Waals surface area contributed by atoms with Gasteiger partial charge in [-0.1, -0.05) is 35.9 Å². The number of carbonyl (C=O) groups excluding carboxylic acids is 1. The van der Waals surface area contributed by atoms with Gasteiger partial charge in [-0.15, -0.1) is 11.8 Å². The first-order chi connectivity index (χ1) is 12.1. The summed E-state index contributed by atoms with van der Waals surface area (Å²) >= 11 is 1.55. The molecule has 0 atom stereocenters. The summed E-state index contributed by atoms with van der Waals surface area (Å²) in [6.07, 6.45) is 3.71. The van der Waals surface area contributed by atoms with Gasteiger partial charge >= 0.3 is 0 Å². The molecule has 4 nitrogen and oxygen atoms in total. The summed E-state index contributed by atoms with van der Waals surface area (Å²) in [6, 6.07) is 16.3. The maximum Gasteiger partial charge on any atom is 0.230 e. The quantitative estimate of drug-likeness (QED) is 0.685. The number of carbonyl (C=O) groups is 1. The molecule has 0 unspecified atom stereocenters. The molecule has 0 aliphatic rings. The second kappa shape index (κ2) is 8.03. The molecular weight excluding hydrogens is 330 g/mol. The van der Waals surface area contributed by atoms with Crippen LogP contribution in [0.25, 0.3) is 5.69 Å². The van der Waals surface area contributed by atoms with Gasteiger partial charge in [-0.05, 0) is 37.6 Å². The van der Waals surface area contributed by atoms with E-state index in [1.165, 1.54) is 5.56 Å². The van der Waals surface area contributed by atoms with E-state index in [0.717, 1.165) is 22.0 Å². The molecule has 0 saturated carbocycles. The molecule has 3 aromatic rings. The van der Waals surface area contributed by atoms with Gasteiger partial charge in [0.1, 0.15) is 5.82 Å². The molecule has 0 spiro atoms. The summed E-state index contributed by atoms with van der Waals surface area (Å²) < 4.78 is 2.03. The second-order valence-corrected chi connectivity index (χ2v) is 6.90. The minimum absolute atomic E-state index is 0.0303. The number of amides is 1. The summed E-state index contributed by atoms with van der Waals surface area (Å²) in [4.78, 5) is 17.5. The highest BCUT2D eigenvalue weighted by Gasteiger charge is 2.08. The Labute approximate surface area is 152 Å². The summed E-state index contributed by atoms with van der Waals surface area (Å²) in [5.74, 6) is 1.37. The molecule has 1 heterocycles. The number of para-hydroxylation sites is 1. The van der Waals surface area contributed by atoms with Crippen molar-refractivity contribution in [2.75, 3.05) is 5.75 Å². The molecule has 1 N–H and O–H groups in total. The largest absolute Gasteiger partial charge is 0.351 e. The number of hydrogen-bond donors (Lipinski definition) is 1. The van der Waals surface area contributed by atoms with Crippen LogP contribution in [0.2, 0.25) is 0 Å². The minimum atomic E-state index is 0.0303. The topological polar surface area (TPSA) is 46.9 Å². The maximum atomic E-state index is 12.2. The maximum absolute atomic E-state index is 12.2. The van der Waals surface area contributed by atoms with Gasteiger partial charge in [-0.2, -0.15) is 0 Å². The molecule has 0 radical (unpaired) electrons. The number of nitrogens with one attached hydrogen (secondary N) is 1. The lowest BCUT2D eigenvalue weighted by atomic mass is 10.1. The zero-order valence-electron chi connectivity index (χ0n) is 14.4. The van der Waals surface area contributed by atoms with Crippen molar-refractivity contribution in [2.45, 2.75) is 25.3 Å². The molecule has 5 heteroatoms. The van der Waals surface area contributed by atoms with Gasteiger partial charge in [0.15, 0.2) is 0 Å². The number of hydrogen-bond acceptors (Lipinski definition) is 3. The van der Waals surface area contributed by atoms with Crippen LogP contribution in [-0.2, 0) is 11.3 Å². The number of aryl methyl sites for hydroxylation is 2. The van der Waals surface area contributed by atoms with Crippen LogP contribution in [0.1, 0.15) is 17.0 Å². The van der Waals surface area contributed by atoms with Gasteiger partial charge < -0.3 is 9.88 Å². The van der Waals surface area contributed by atoms with E-state index >= 15 is 0 Å². The Kier molecular flexibility index (Phi) is 5.56. The number of imidazole rings is 1. The summed E-state index contributed by atoms with van der Waals surface area (Å²) in [5.41, 5.74) is 3.33. The van der Waals surface area contributed by atoms with Crippen LogP contribution in [0.5, 0.6) is 0 Å². The fraction of sp³-hybridized carbons (Fsp3) is 0.200.